The second-order valence-corrected chi connectivity index (χ2v) is 4.14. The number of nitrogen functional groups attached to an aromatic ring is 1. The van der Waals surface area contributed by atoms with Gasteiger partial charge in [-0.15, -0.1) is 0 Å². The molecule has 0 bridgehead atoms. The van der Waals surface area contributed by atoms with Crippen LogP contribution in [0.25, 0.3) is 11.1 Å². The molecule has 0 fully saturated rings. The molecule has 0 spiro atoms. The normalized spacial score (nSPS) is 10.5. The third-order valence-electron chi connectivity index (χ3n) is 2.23. The van der Waals surface area contributed by atoms with E-state index in [1.807, 2.05) is 6.07 Å². The molecule has 0 saturated heterocycles. The van der Waals surface area contributed by atoms with E-state index in [-0.39, 0.29) is 5.75 Å². The van der Waals surface area contributed by atoms with Gasteiger partial charge >= 0.3 is 0 Å². The number of nitrogens with zero attached hydrogens (tertiary/aromatic N) is 2. The van der Waals surface area contributed by atoms with Gasteiger partial charge < -0.3 is 10.8 Å². The van der Waals surface area contributed by atoms with E-state index in [1.165, 1.54) is 0 Å². The summed E-state index contributed by atoms with van der Waals surface area (Å²) >= 11 is 3.35. The molecule has 1 aromatic heterocycles. The maximum atomic E-state index is 9.71. The molecule has 15 heavy (non-hydrogen) atoms. The Hall–Kier alpha value is -1.49. The lowest BCUT2D eigenvalue weighted by atomic mass is 10.1. The van der Waals surface area contributed by atoms with Gasteiger partial charge in [0.1, 0.15) is 11.6 Å². The van der Waals surface area contributed by atoms with Crippen molar-refractivity contribution in [1.29, 1.82) is 0 Å². The molecule has 0 atom stereocenters. The lowest BCUT2D eigenvalue weighted by molar-refractivity contribution is 0.477. The van der Waals surface area contributed by atoms with Crippen molar-refractivity contribution < 1.29 is 5.11 Å². The molecule has 0 unspecified atom stereocenters. The van der Waals surface area contributed by atoms with Gasteiger partial charge in [-0.3, -0.25) is 4.68 Å². The fourth-order valence-electron chi connectivity index (χ4n) is 1.38. The largest absolute Gasteiger partial charge is 0.507 e. The molecule has 0 aliphatic heterocycles. The first-order valence-corrected chi connectivity index (χ1v) is 5.15. The highest BCUT2D eigenvalue weighted by Gasteiger charge is 2.11. The number of anilines is 1. The van der Waals surface area contributed by atoms with E-state index in [1.54, 1.807) is 30.1 Å². The number of phenolic OH excluding ortho intramolecular Hbond substituents is 1. The molecule has 78 valence electrons. The Bertz CT molecular complexity index is 507. The molecular formula is C10H10BrN3O. The SMILES string of the molecule is Cn1ncc(-c2cc(Br)ccc2O)c1N. The summed E-state index contributed by atoms with van der Waals surface area (Å²) in [7, 11) is 1.76. The highest BCUT2D eigenvalue weighted by Crippen LogP contribution is 2.34. The monoisotopic (exact) mass is 267 g/mol. The molecule has 3 N–H and O–H groups in total. The summed E-state index contributed by atoms with van der Waals surface area (Å²) < 4.78 is 2.45. The van der Waals surface area contributed by atoms with Crippen molar-refractivity contribution in [2.75, 3.05) is 5.73 Å². The number of halogens is 1. The summed E-state index contributed by atoms with van der Waals surface area (Å²) in [6, 6.07) is 5.19. The number of phenols is 1. The Morgan fingerprint density at radius 3 is 2.73 bits per heavy atom. The molecule has 0 aliphatic rings. The summed E-state index contributed by atoms with van der Waals surface area (Å²) in [5, 5.41) is 13.7. The number of benzene rings is 1. The van der Waals surface area contributed by atoms with Gasteiger partial charge in [-0.2, -0.15) is 5.10 Å². The van der Waals surface area contributed by atoms with Gasteiger partial charge in [-0.25, -0.2) is 0 Å². The van der Waals surface area contributed by atoms with Crippen molar-refractivity contribution in [2.45, 2.75) is 0 Å². The summed E-state index contributed by atoms with van der Waals surface area (Å²) in [4.78, 5) is 0. The van der Waals surface area contributed by atoms with Crippen LogP contribution in [0.15, 0.2) is 28.9 Å². The van der Waals surface area contributed by atoms with E-state index >= 15 is 0 Å². The topological polar surface area (TPSA) is 64.1 Å². The number of aromatic hydroxyl groups is 1. The van der Waals surface area contributed by atoms with Gasteiger partial charge in [0, 0.05) is 22.6 Å². The number of hydrogen-bond acceptors (Lipinski definition) is 3. The Kier molecular flexibility index (Phi) is 2.40. The number of aromatic nitrogens is 2. The van der Waals surface area contributed by atoms with Gasteiger partial charge in [-0.1, -0.05) is 15.9 Å². The Morgan fingerprint density at radius 1 is 1.40 bits per heavy atom. The van der Waals surface area contributed by atoms with Crippen LogP contribution in [0.5, 0.6) is 5.75 Å². The fourth-order valence-corrected chi connectivity index (χ4v) is 1.74. The quantitative estimate of drug-likeness (QED) is 0.832. The van der Waals surface area contributed by atoms with Crippen LogP contribution in [0, 0.1) is 0 Å². The summed E-state index contributed by atoms with van der Waals surface area (Å²) in [6.45, 7) is 0. The highest BCUT2D eigenvalue weighted by molar-refractivity contribution is 9.10. The van der Waals surface area contributed by atoms with Gasteiger partial charge in [0.15, 0.2) is 0 Å². The van der Waals surface area contributed by atoms with Crippen LogP contribution < -0.4 is 5.73 Å². The Balaban J connectivity index is 2.63. The molecule has 4 nitrogen and oxygen atoms in total. The number of aryl methyl sites for hydroxylation is 1. The summed E-state index contributed by atoms with van der Waals surface area (Å²) in [5.74, 6) is 0.723. The first-order chi connectivity index (χ1) is 7.09. The molecule has 0 amide bonds. The van der Waals surface area contributed by atoms with Crippen molar-refractivity contribution in [3.05, 3.63) is 28.9 Å². The standard InChI is InChI=1S/C10H10BrN3O/c1-14-10(12)8(5-13-14)7-4-6(11)2-3-9(7)15/h2-5,15H,12H2,1H3. The minimum Gasteiger partial charge on any atom is -0.507 e. The predicted molar refractivity (Wildman–Crippen MR) is 62.4 cm³/mol. The van der Waals surface area contributed by atoms with Gasteiger partial charge in [0.2, 0.25) is 0 Å². The van der Waals surface area contributed by atoms with E-state index in [9.17, 15) is 5.11 Å². The maximum Gasteiger partial charge on any atom is 0.129 e. The van der Waals surface area contributed by atoms with E-state index in [4.69, 9.17) is 5.73 Å². The van der Waals surface area contributed by atoms with Gasteiger partial charge in [0.05, 0.1) is 6.20 Å². The molecule has 2 rings (SSSR count). The van der Waals surface area contributed by atoms with E-state index < -0.39 is 0 Å². The van der Waals surface area contributed by atoms with Crippen LogP contribution in [0.1, 0.15) is 0 Å². The fraction of sp³-hybridized carbons (Fsp3) is 0.100. The Labute approximate surface area is 95.5 Å². The molecular weight excluding hydrogens is 258 g/mol. The number of rotatable bonds is 1. The minimum atomic E-state index is 0.193. The Morgan fingerprint density at radius 2 is 2.13 bits per heavy atom. The molecule has 0 saturated carbocycles. The zero-order valence-electron chi connectivity index (χ0n) is 8.11. The van der Waals surface area contributed by atoms with Crippen molar-refractivity contribution in [1.82, 2.24) is 9.78 Å². The van der Waals surface area contributed by atoms with Crippen molar-refractivity contribution >= 4 is 21.7 Å². The van der Waals surface area contributed by atoms with E-state index in [2.05, 4.69) is 21.0 Å². The van der Waals surface area contributed by atoms with Crippen LogP contribution in [0.4, 0.5) is 5.82 Å². The molecule has 0 aliphatic carbocycles. The molecule has 5 heteroatoms. The highest BCUT2D eigenvalue weighted by atomic mass is 79.9. The van der Waals surface area contributed by atoms with Gasteiger partial charge in [-0.05, 0) is 18.2 Å². The lowest BCUT2D eigenvalue weighted by Gasteiger charge is -2.04. The maximum absolute atomic E-state index is 9.71. The third kappa shape index (κ3) is 1.70. The molecule has 2 aromatic rings. The lowest BCUT2D eigenvalue weighted by Crippen LogP contribution is -1.98. The van der Waals surface area contributed by atoms with Crippen LogP contribution in [-0.2, 0) is 7.05 Å². The summed E-state index contributed by atoms with van der Waals surface area (Å²) in [6.07, 6.45) is 1.64. The van der Waals surface area contributed by atoms with Crippen molar-refractivity contribution in [3.63, 3.8) is 0 Å². The van der Waals surface area contributed by atoms with Crippen molar-refractivity contribution in [3.8, 4) is 16.9 Å². The van der Waals surface area contributed by atoms with Crippen LogP contribution >= 0.6 is 15.9 Å². The zero-order valence-corrected chi connectivity index (χ0v) is 9.69. The van der Waals surface area contributed by atoms with Crippen molar-refractivity contribution in [2.24, 2.45) is 7.05 Å². The number of hydrogen-bond donors (Lipinski definition) is 2. The first kappa shape index (κ1) is 10.0. The zero-order chi connectivity index (χ0) is 11.0. The average molecular weight is 268 g/mol. The predicted octanol–water partition coefficient (Wildman–Crippen LogP) is 2.14. The van der Waals surface area contributed by atoms with Crippen LogP contribution in [0.2, 0.25) is 0 Å². The van der Waals surface area contributed by atoms with Gasteiger partial charge in [0.25, 0.3) is 0 Å². The van der Waals surface area contributed by atoms with Crippen LogP contribution in [0.3, 0.4) is 0 Å². The molecule has 1 aromatic carbocycles. The third-order valence-corrected chi connectivity index (χ3v) is 2.73. The van der Waals surface area contributed by atoms with Crippen LogP contribution in [-0.4, -0.2) is 14.9 Å². The molecule has 1 heterocycles. The second kappa shape index (κ2) is 3.58. The summed E-state index contributed by atoms with van der Waals surface area (Å²) in [5.41, 5.74) is 7.24. The molecule has 0 radical (unpaired) electrons. The minimum absolute atomic E-state index is 0.193. The smallest absolute Gasteiger partial charge is 0.129 e. The second-order valence-electron chi connectivity index (χ2n) is 3.23. The average Bonchev–Trinajstić information content (AvgIpc) is 2.52. The first-order valence-electron chi connectivity index (χ1n) is 4.36. The van der Waals surface area contributed by atoms with E-state index in [0.717, 1.165) is 10.0 Å². The number of nitrogens with two attached hydrogens (primary N) is 1. The van der Waals surface area contributed by atoms with E-state index in [0.29, 0.717) is 11.4 Å².